The number of carbonyl (C=O) groups excluding carboxylic acids is 1. The topological polar surface area (TPSA) is 25.2 Å². The lowest BCUT2D eigenvalue weighted by atomic mass is 10.2. The molecule has 1 aliphatic heterocycles. The van der Waals surface area contributed by atoms with Crippen molar-refractivity contribution in [3.05, 3.63) is 46.4 Å². The van der Waals surface area contributed by atoms with Gasteiger partial charge in [-0.3, -0.25) is 4.79 Å². The number of rotatable bonds is 2. The van der Waals surface area contributed by atoms with Crippen molar-refractivity contribution in [1.29, 1.82) is 0 Å². The summed E-state index contributed by atoms with van der Waals surface area (Å²) in [5, 5.41) is 2.02. The van der Waals surface area contributed by atoms with Crippen molar-refractivity contribution in [2.75, 3.05) is 6.54 Å². The van der Waals surface area contributed by atoms with Crippen molar-refractivity contribution < 1.29 is 4.79 Å². The second-order valence-electron chi connectivity index (χ2n) is 4.26. The fraction of sp³-hybridized carbons (Fsp3) is 0.308. The number of fused-ring (bicyclic) bond motifs is 1. The molecule has 0 atom stereocenters. The van der Waals surface area contributed by atoms with E-state index in [-0.39, 0.29) is 5.91 Å². The largest absolute Gasteiger partial charge is 0.348 e. The molecule has 4 heteroatoms. The zero-order valence-electron chi connectivity index (χ0n) is 9.50. The van der Waals surface area contributed by atoms with Crippen LogP contribution in [0, 0.1) is 0 Å². The van der Waals surface area contributed by atoms with Crippen LogP contribution in [0.1, 0.15) is 10.6 Å². The number of hydrogen-bond donors (Lipinski definition) is 0. The SMILES string of the molecule is O=C(Cc1cccs1)N1CCn2cccc2C1. The standard InChI is InChI=1S/C13H14N2OS/c16-13(9-12-4-2-8-17-12)15-7-6-14-5-1-3-11(14)10-15/h1-5,8H,6-7,9-10H2. The molecule has 0 radical (unpaired) electrons. The summed E-state index contributed by atoms with van der Waals surface area (Å²) < 4.78 is 2.22. The monoisotopic (exact) mass is 246 g/mol. The molecule has 0 unspecified atom stereocenters. The molecule has 0 saturated heterocycles. The zero-order valence-corrected chi connectivity index (χ0v) is 10.3. The second kappa shape index (κ2) is 4.37. The highest BCUT2D eigenvalue weighted by atomic mass is 32.1. The molecular formula is C13H14N2OS. The summed E-state index contributed by atoms with van der Waals surface area (Å²) in [6, 6.07) is 8.15. The first-order chi connectivity index (χ1) is 8.33. The van der Waals surface area contributed by atoms with E-state index >= 15 is 0 Å². The molecule has 3 rings (SSSR count). The van der Waals surface area contributed by atoms with Crippen LogP contribution < -0.4 is 0 Å². The number of aromatic nitrogens is 1. The molecule has 17 heavy (non-hydrogen) atoms. The number of amides is 1. The average Bonchev–Trinajstić information content (AvgIpc) is 2.97. The maximum absolute atomic E-state index is 12.1. The highest BCUT2D eigenvalue weighted by Gasteiger charge is 2.20. The van der Waals surface area contributed by atoms with E-state index in [4.69, 9.17) is 0 Å². The van der Waals surface area contributed by atoms with Crippen molar-refractivity contribution in [3.8, 4) is 0 Å². The Bertz CT molecular complexity index is 515. The van der Waals surface area contributed by atoms with Crippen LogP contribution in [-0.4, -0.2) is 21.9 Å². The Labute approximate surface area is 104 Å². The average molecular weight is 246 g/mol. The van der Waals surface area contributed by atoms with E-state index < -0.39 is 0 Å². The van der Waals surface area contributed by atoms with Crippen LogP contribution in [0.25, 0.3) is 0 Å². The number of nitrogens with zero attached hydrogens (tertiary/aromatic N) is 2. The van der Waals surface area contributed by atoms with Gasteiger partial charge in [-0.25, -0.2) is 0 Å². The molecule has 1 aliphatic rings. The maximum atomic E-state index is 12.1. The van der Waals surface area contributed by atoms with E-state index in [1.54, 1.807) is 11.3 Å². The summed E-state index contributed by atoms with van der Waals surface area (Å²) in [7, 11) is 0. The lowest BCUT2D eigenvalue weighted by Gasteiger charge is -2.28. The first kappa shape index (κ1) is 10.6. The Kier molecular flexibility index (Phi) is 2.73. The summed E-state index contributed by atoms with van der Waals surface area (Å²) in [5.74, 6) is 0.236. The number of carbonyl (C=O) groups is 1. The lowest BCUT2D eigenvalue weighted by Crippen LogP contribution is -2.38. The maximum Gasteiger partial charge on any atom is 0.228 e. The van der Waals surface area contributed by atoms with Gasteiger partial charge >= 0.3 is 0 Å². The molecule has 0 saturated carbocycles. The van der Waals surface area contributed by atoms with Gasteiger partial charge in [-0.1, -0.05) is 6.07 Å². The van der Waals surface area contributed by atoms with Gasteiger partial charge in [-0.15, -0.1) is 11.3 Å². The van der Waals surface area contributed by atoms with Gasteiger partial charge in [0.15, 0.2) is 0 Å². The Morgan fingerprint density at radius 2 is 2.24 bits per heavy atom. The molecule has 1 amide bonds. The van der Waals surface area contributed by atoms with Gasteiger partial charge in [0.1, 0.15) is 0 Å². The molecule has 88 valence electrons. The van der Waals surface area contributed by atoms with Crippen molar-refractivity contribution in [2.45, 2.75) is 19.5 Å². The van der Waals surface area contributed by atoms with E-state index in [2.05, 4.69) is 16.8 Å². The van der Waals surface area contributed by atoms with Crippen molar-refractivity contribution in [3.63, 3.8) is 0 Å². The second-order valence-corrected chi connectivity index (χ2v) is 5.30. The molecule has 2 aromatic rings. The molecule has 0 spiro atoms. The van der Waals surface area contributed by atoms with Crippen molar-refractivity contribution in [1.82, 2.24) is 9.47 Å². The summed E-state index contributed by atoms with van der Waals surface area (Å²) in [6.07, 6.45) is 2.62. The Morgan fingerprint density at radius 1 is 1.29 bits per heavy atom. The van der Waals surface area contributed by atoms with Gasteiger partial charge in [0.05, 0.1) is 13.0 Å². The summed E-state index contributed by atoms with van der Waals surface area (Å²) in [5.41, 5.74) is 1.23. The van der Waals surface area contributed by atoms with Gasteiger partial charge in [0, 0.05) is 29.9 Å². The smallest absolute Gasteiger partial charge is 0.228 e. The van der Waals surface area contributed by atoms with Gasteiger partial charge in [-0.2, -0.15) is 0 Å². The Morgan fingerprint density at radius 3 is 3.06 bits per heavy atom. The predicted octanol–water partition coefficient (Wildman–Crippen LogP) is 2.13. The summed E-state index contributed by atoms with van der Waals surface area (Å²) >= 11 is 1.65. The third kappa shape index (κ3) is 2.13. The first-order valence-corrected chi connectivity index (χ1v) is 6.65. The van der Waals surface area contributed by atoms with E-state index in [0.717, 1.165) is 24.5 Å². The van der Waals surface area contributed by atoms with Crippen LogP contribution in [0.2, 0.25) is 0 Å². The third-order valence-corrected chi connectivity index (χ3v) is 4.02. The van der Waals surface area contributed by atoms with Crippen LogP contribution in [0.5, 0.6) is 0 Å². The summed E-state index contributed by atoms with van der Waals surface area (Å²) in [6.45, 7) is 2.49. The molecular weight excluding hydrogens is 232 g/mol. The zero-order chi connectivity index (χ0) is 11.7. The molecule has 3 heterocycles. The van der Waals surface area contributed by atoms with Crippen molar-refractivity contribution >= 4 is 17.2 Å². The van der Waals surface area contributed by atoms with Crippen LogP contribution >= 0.6 is 11.3 Å². The Hall–Kier alpha value is -1.55. The van der Waals surface area contributed by atoms with Crippen LogP contribution in [0.15, 0.2) is 35.8 Å². The highest BCUT2D eigenvalue weighted by Crippen LogP contribution is 2.16. The molecule has 0 bridgehead atoms. The number of hydrogen-bond acceptors (Lipinski definition) is 2. The van der Waals surface area contributed by atoms with E-state index in [0.29, 0.717) is 6.42 Å². The van der Waals surface area contributed by atoms with Gasteiger partial charge in [0.2, 0.25) is 5.91 Å². The highest BCUT2D eigenvalue weighted by molar-refractivity contribution is 7.10. The minimum Gasteiger partial charge on any atom is -0.348 e. The fourth-order valence-electron chi connectivity index (χ4n) is 2.20. The summed E-state index contributed by atoms with van der Waals surface area (Å²) in [4.78, 5) is 15.2. The van der Waals surface area contributed by atoms with Crippen molar-refractivity contribution in [2.24, 2.45) is 0 Å². The van der Waals surface area contributed by atoms with Gasteiger partial charge in [-0.05, 0) is 23.6 Å². The third-order valence-electron chi connectivity index (χ3n) is 3.15. The van der Waals surface area contributed by atoms with Crippen LogP contribution in [0.3, 0.4) is 0 Å². The molecule has 3 nitrogen and oxygen atoms in total. The quantitative estimate of drug-likeness (QED) is 0.797. The van der Waals surface area contributed by atoms with E-state index in [1.807, 2.05) is 28.5 Å². The molecule has 0 N–H and O–H groups in total. The minimum atomic E-state index is 0.236. The van der Waals surface area contributed by atoms with Crippen LogP contribution in [-0.2, 0) is 24.3 Å². The lowest BCUT2D eigenvalue weighted by molar-refractivity contribution is -0.131. The molecule has 0 aromatic carbocycles. The fourth-order valence-corrected chi connectivity index (χ4v) is 2.90. The van der Waals surface area contributed by atoms with E-state index in [9.17, 15) is 4.79 Å². The number of thiophene rings is 1. The Balaban J connectivity index is 1.68. The predicted molar refractivity (Wildman–Crippen MR) is 67.9 cm³/mol. The van der Waals surface area contributed by atoms with Crippen LogP contribution in [0.4, 0.5) is 0 Å². The van der Waals surface area contributed by atoms with Gasteiger partial charge in [0.25, 0.3) is 0 Å². The van der Waals surface area contributed by atoms with Gasteiger partial charge < -0.3 is 9.47 Å². The molecule has 0 fully saturated rings. The normalized spacial score (nSPS) is 14.7. The molecule has 2 aromatic heterocycles. The van der Waals surface area contributed by atoms with E-state index in [1.165, 1.54) is 5.69 Å². The first-order valence-electron chi connectivity index (χ1n) is 5.77. The molecule has 0 aliphatic carbocycles. The minimum absolute atomic E-state index is 0.236.